The lowest BCUT2D eigenvalue weighted by atomic mass is 10.0. The highest BCUT2D eigenvalue weighted by Gasteiger charge is 2.58. The number of rotatable bonds is 5. The highest BCUT2D eigenvalue weighted by molar-refractivity contribution is 6.08. The van der Waals surface area contributed by atoms with Gasteiger partial charge < -0.3 is 19.5 Å². The molecule has 0 atom stereocenters. The lowest BCUT2D eigenvalue weighted by Crippen LogP contribution is -2.54. The second-order valence-electron chi connectivity index (χ2n) is 7.42. The number of amides is 3. The normalized spacial score (nSPS) is 17.7. The molecule has 4 rings (SSSR count). The van der Waals surface area contributed by atoms with E-state index in [4.69, 9.17) is 4.42 Å². The number of halogens is 1. The second kappa shape index (κ2) is 7.69. The highest BCUT2D eigenvalue weighted by atomic mass is 19.1. The molecule has 2 aliphatic rings. The Bertz CT molecular complexity index is 916. The Morgan fingerprint density at radius 2 is 1.69 bits per heavy atom. The SMILES string of the molecule is O=C(c1ccco1)N1CCN(C(=O)C2(C(=O)NCc3ccccc3F)CC2)CC1. The van der Waals surface area contributed by atoms with Crippen LogP contribution in [0.3, 0.4) is 0 Å². The largest absolute Gasteiger partial charge is 0.459 e. The van der Waals surface area contributed by atoms with Crippen molar-refractivity contribution in [3.63, 3.8) is 0 Å². The fourth-order valence-corrected chi connectivity index (χ4v) is 3.62. The predicted octanol–water partition coefficient (Wildman–Crippen LogP) is 1.80. The molecule has 0 radical (unpaired) electrons. The zero-order valence-electron chi connectivity index (χ0n) is 15.9. The second-order valence-corrected chi connectivity index (χ2v) is 7.42. The number of hydrogen-bond donors (Lipinski definition) is 1. The summed E-state index contributed by atoms with van der Waals surface area (Å²) in [5.74, 6) is -0.892. The number of carbonyl (C=O) groups is 3. The van der Waals surface area contributed by atoms with Crippen molar-refractivity contribution in [2.45, 2.75) is 19.4 Å². The minimum Gasteiger partial charge on any atom is -0.459 e. The van der Waals surface area contributed by atoms with Crippen LogP contribution < -0.4 is 5.32 Å². The van der Waals surface area contributed by atoms with Gasteiger partial charge in [-0.05, 0) is 31.0 Å². The van der Waals surface area contributed by atoms with Crippen molar-refractivity contribution in [1.29, 1.82) is 0 Å². The minimum atomic E-state index is -1.06. The molecule has 2 fully saturated rings. The van der Waals surface area contributed by atoms with Gasteiger partial charge >= 0.3 is 0 Å². The molecule has 3 amide bonds. The molecule has 0 bridgehead atoms. The van der Waals surface area contributed by atoms with Crippen LogP contribution in [0.5, 0.6) is 0 Å². The third kappa shape index (κ3) is 3.74. The van der Waals surface area contributed by atoms with Gasteiger partial charge in [-0.1, -0.05) is 18.2 Å². The van der Waals surface area contributed by atoms with E-state index in [9.17, 15) is 18.8 Å². The summed E-state index contributed by atoms with van der Waals surface area (Å²) in [7, 11) is 0. The maximum atomic E-state index is 13.7. The third-order valence-corrected chi connectivity index (χ3v) is 5.58. The van der Waals surface area contributed by atoms with Gasteiger partial charge in [-0.2, -0.15) is 0 Å². The van der Waals surface area contributed by atoms with Crippen LogP contribution in [0.15, 0.2) is 47.1 Å². The van der Waals surface area contributed by atoms with E-state index in [1.54, 1.807) is 40.1 Å². The molecule has 1 aromatic carbocycles. The van der Waals surface area contributed by atoms with Gasteiger partial charge in [0.25, 0.3) is 5.91 Å². The molecule has 8 heteroatoms. The van der Waals surface area contributed by atoms with Crippen LogP contribution in [0.4, 0.5) is 4.39 Å². The topological polar surface area (TPSA) is 82.9 Å². The fourth-order valence-electron chi connectivity index (χ4n) is 3.62. The molecule has 152 valence electrons. The summed E-state index contributed by atoms with van der Waals surface area (Å²) in [4.78, 5) is 41.3. The first-order valence-electron chi connectivity index (χ1n) is 9.65. The number of nitrogens with zero attached hydrogens (tertiary/aromatic N) is 2. The quantitative estimate of drug-likeness (QED) is 0.778. The standard InChI is InChI=1S/C21H22FN3O4/c22-16-5-2-1-4-15(16)14-23-19(27)21(7-8-21)20(28)25-11-9-24(10-12-25)18(26)17-6-3-13-29-17/h1-6,13H,7-12,14H2,(H,23,27). The van der Waals surface area contributed by atoms with Crippen LogP contribution in [0.25, 0.3) is 0 Å². The molecule has 2 heterocycles. The van der Waals surface area contributed by atoms with Gasteiger partial charge in [-0.3, -0.25) is 14.4 Å². The zero-order chi connectivity index (χ0) is 20.4. The lowest BCUT2D eigenvalue weighted by molar-refractivity contribution is -0.145. The molecule has 1 aromatic heterocycles. The van der Waals surface area contributed by atoms with Crippen LogP contribution in [-0.2, 0) is 16.1 Å². The number of benzene rings is 1. The van der Waals surface area contributed by atoms with Crippen LogP contribution in [0.1, 0.15) is 29.0 Å². The number of hydrogen-bond acceptors (Lipinski definition) is 4. The highest BCUT2D eigenvalue weighted by Crippen LogP contribution is 2.47. The number of carbonyl (C=O) groups excluding carboxylic acids is 3. The summed E-state index contributed by atoms with van der Waals surface area (Å²) in [5, 5.41) is 2.70. The molecule has 2 aromatic rings. The lowest BCUT2D eigenvalue weighted by Gasteiger charge is -2.36. The van der Waals surface area contributed by atoms with Crippen LogP contribution in [-0.4, -0.2) is 53.7 Å². The summed E-state index contributed by atoms with van der Waals surface area (Å²) in [6, 6.07) is 9.49. The van der Waals surface area contributed by atoms with Gasteiger partial charge in [0.15, 0.2) is 5.76 Å². The molecule has 1 saturated carbocycles. The molecule has 0 spiro atoms. The predicted molar refractivity (Wildman–Crippen MR) is 101 cm³/mol. The van der Waals surface area contributed by atoms with E-state index in [2.05, 4.69) is 5.32 Å². The van der Waals surface area contributed by atoms with Gasteiger partial charge in [0.1, 0.15) is 11.2 Å². The molecular formula is C21H22FN3O4. The first-order valence-corrected chi connectivity index (χ1v) is 9.65. The van der Waals surface area contributed by atoms with Crippen LogP contribution >= 0.6 is 0 Å². The molecule has 7 nitrogen and oxygen atoms in total. The van der Waals surface area contributed by atoms with E-state index in [1.807, 2.05) is 0 Å². The fraction of sp³-hybridized carbons (Fsp3) is 0.381. The summed E-state index contributed by atoms with van der Waals surface area (Å²) < 4.78 is 18.9. The van der Waals surface area contributed by atoms with Gasteiger partial charge in [-0.25, -0.2) is 4.39 Å². The van der Waals surface area contributed by atoms with Crippen molar-refractivity contribution < 1.29 is 23.2 Å². The van der Waals surface area contributed by atoms with Crippen molar-refractivity contribution >= 4 is 17.7 Å². The van der Waals surface area contributed by atoms with Crippen molar-refractivity contribution in [3.8, 4) is 0 Å². The van der Waals surface area contributed by atoms with Gasteiger partial charge in [-0.15, -0.1) is 0 Å². The summed E-state index contributed by atoms with van der Waals surface area (Å²) in [6.07, 6.45) is 2.42. The molecule has 1 saturated heterocycles. The van der Waals surface area contributed by atoms with E-state index >= 15 is 0 Å². The van der Waals surface area contributed by atoms with Crippen molar-refractivity contribution in [2.24, 2.45) is 5.41 Å². The van der Waals surface area contributed by atoms with Crippen molar-refractivity contribution in [3.05, 3.63) is 59.8 Å². The van der Waals surface area contributed by atoms with E-state index in [-0.39, 0.29) is 35.8 Å². The number of furan rings is 1. The summed E-state index contributed by atoms with van der Waals surface area (Å²) in [5.41, 5.74) is -0.674. The zero-order valence-corrected chi connectivity index (χ0v) is 15.9. The van der Waals surface area contributed by atoms with Crippen LogP contribution in [0.2, 0.25) is 0 Å². The summed E-state index contributed by atoms with van der Waals surface area (Å²) in [6.45, 7) is 1.56. The molecule has 1 aliphatic heterocycles. The average molecular weight is 399 g/mol. The summed E-state index contributed by atoms with van der Waals surface area (Å²) >= 11 is 0. The first kappa shape index (κ1) is 19.2. The smallest absolute Gasteiger partial charge is 0.289 e. The van der Waals surface area contributed by atoms with E-state index in [1.165, 1.54) is 12.3 Å². The average Bonchev–Trinajstić information content (AvgIpc) is 3.38. The minimum absolute atomic E-state index is 0.0476. The maximum absolute atomic E-state index is 13.7. The van der Waals surface area contributed by atoms with Gasteiger partial charge in [0, 0.05) is 38.3 Å². The van der Waals surface area contributed by atoms with Crippen molar-refractivity contribution in [2.75, 3.05) is 26.2 Å². The Hall–Kier alpha value is -3.16. The van der Waals surface area contributed by atoms with Gasteiger partial charge in [0.05, 0.1) is 6.26 Å². The Morgan fingerprint density at radius 3 is 2.31 bits per heavy atom. The molecule has 29 heavy (non-hydrogen) atoms. The Labute approximate surface area is 167 Å². The maximum Gasteiger partial charge on any atom is 0.289 e. The van der Waals surface area contributed by atoms with Gasteiger partial charge in [0.2, 0.25) is 11.8 Å². The van der Waals surface area contributed by atoms with Crippen molar-refractivity contribution in [1.82, 2.24) is 15.1 Å². The molecule has 1 aliphatic carbocycles. The first-order chi connectivity index (χ1) is 14.0. The Balaban J connectivity index is 1.33. The van der Waals surface area contributed by atoms with E-state index < -0.39 is 5.41 Å². The third-order valence-electron chi connectivity index (χ3n) is 5.58. The molecule has 0 unspecified atom stereocenters. The molecular weight excluding hydrogens is 377 g/mol. The Kier molecular flexibility index (Phi) is 5.08. The number of nitrogens with one attached hydrogen (secondary N) is 1. The Morgan fingerprint density at radius 1 is 1.00 bits per heavy atom. The van der Waals surface area contributed by atoms with E-state index in [0.717, 1.165) is 0 Å². The number of piperazine rings is 1. The van der Waals surface area contributed by atoms with Crippen LogP contribution in [0, 0.1) is 11.2 Å². The monoisotopic (exact) mass is 399 g/mol. The van der Waals surface area contributed by atoms with E-state index in [0.29, 0.717) is 44.6 Å². The molecule has 1 N–H and O–H groups in total.